The van der Waals surface area contributed by atoms with Crippen molar-refractivity contribution in [1.82, 2.24) is 9.80 Å². The molecule has 3 N–H and O–H groups in total. The zero-order valence-corrected chi connectivity index (χ0v) is 9.98. The van der Waals surface area contributed by atoms with E-state index >= 15 is 0 Å². The number of nitrogens with two attached hydrogens (primary N) is 1. The lowest BCUT2D eigenvalue weighted by Gasteiger charge is -2.36. The fraction of sp³-hybridized carbons (Fsp3) is 0.875. The first-order valence-electron chi connectivity index (χ1n) is 4.95. The molecule has 1 atom stereocenters. The molecule has 8 heteroatoms. The summed E-state index contributed by atoms with van der Waals surface area (Å²) < 4.78 is 22.1. The Labute approximate surface area is 94.7 Å². The summed E-state index contributed by atoms with van der Waals surface area (Å²) in [5.41, 5.74) is 5.74. The number of carboxylic acid groups (broad SMARTS) is 1. The summed E-state index contributed by atoms with van der Waals surface area (Å²) in [5.74, 6) is -0.0972. The quantitative estimate of drug-likeness (QED) is 0.640. The smallest absolute Gasteiger partial charge is 0.407 e. The Balaban J connectivity index is 2.45. The van der Waals surface area contributed by atoms with Gasteiger partial charge in [-0.3, -0.25) is 4.90 Å². The van der Waals surface area contributed by atoms with Crippen LogP contribution in [0.1, 0.15) is 0 Å². The number of piperazine rings is 1. The maximum absolute atomic E-state index is 11.0. The predicted molar refractivity (Wildman–Crippen MR) is 58.9 cm³/mol. The maximum Gasteiger partial charge on any atom is 0.407 e. The minimum Gasteiger partial charge on any atom is -0.465 e. The minimum absolute atomic E-state index is 0.0972. The van der Waals surface area contributed by atoms with Crippen LogP contribution in [0.3, 0.4) is 0 Å². The van der Waals surface area contributed by atoms with Gasteiger partial charge in [0.05, 0.1) is 11.9 Å². The monoisotopic (exact) mass is 251 g/mol. The van der Waals surface area contributed by atoms with Crippen molar-refractivity contribution in [3.05, 3.63) is 0 Å². The van der Waals surface area contributed by atoms with Gasteiger partial charge in [0.2, 0.25) is 0 Å². The molecule has 0 bridgehead atoms. The van der Waals surface area contributed by atoms with Crippen LogP contribution in [0.5, 0.6) is 0 Å². The Morgan fingerprint density at radius 2 is 1.88 bits per heavy atom. The molecule has 1 heterocycles. The van der Waals surface area contributed by atoms with E-state index in [4.69, 9.17) is 10.8 Å². The van der Waals surface area contributed by atoms with Gasteiger partial charge in [0.25, 0.3) is 0 Å². The van der Waals surface area contributed by atoms with E-state index in [0.717, 1.165) is 6.26 Å². The van der Waals surface area contributed by atoms with Crippen LogP contribution in [0.4, 0.5) is 4.79 Å². The Kier molecular flexibility index (Phi) is 4.11. The SMILES string of the molecule is CS(=O)(=O)CC(N)N1CCN(C(=O)O)CC1. The highest BCUT2D eigenvalue weighted by Crippen LogP contribution is 2.05. The lowest BCUT2D eigenvalue weighted by atomic mass is 10.3. The topological polar surface area (TPSA) is 104 Å². The predicted octanol–water partition coefficient (Wildman–Crippen LogP) is -1.39. The molecule has 1 rings (SSSR count). The number of hydrogen-bond donors (Lipinski definition) is 2. The van der Waals surface area contributed by atoms with Gasteiger partial charge in [0.15, 0.2) is 0 Å². The van der Waals surface area contributed by atoms with Crippen molar-refractivity contribution in [3.8, 4) is 0 Å². The van der Waals surface area contributed by atoms with Gasteiger partial charge < -0.3 is 15.7 Å². The number of sulfone groups is 1. The van der Waals surface area contributed by atoms with Gasteiger partial charge in [-0.05, 0) is 0 Å². The standard InChI is InChI=1S/C8H17N3O4S/c1-16(14,15)6-7(9)10-2-4-11(5-3-10)8(12)13/h7H,2-6,9H2,1H3,(H,12,13). The second kappa shape index (κ2) is 4.98. The summed E-state index contributed by atoms with van der Waals surface area (Å²) in [7, 11) is -3.10. The average Bonchev–Trinajstić information content (AvgIpc) is 2.15. The zero-order chi connectivity index (χ0) is 12.3. The maximum atomic E-state index is 11.0. The average molecular weight is 251 g/mol. The molecule has 1 aliphatic rings. The van der Waals surface area contributed by atoms with E-state index in [2.05, 4.69) is 0 Å². The minimum atomic E-state index is -3.10. The Bertz CT molecular complexity index is 348. The molecule has 1 aliphatic heterocycles. The van der Waals surface area contributed by atoms with Crippen LogP contribution >= 0.6 is 0 Å². The third kappa shape index (κ3) is 3.95. The van der Waals surface area contributed by atoms with Gasteiger partial charge in [-0.25, -0.2) is 13.2 Å². The molecule has 7 nitrogen and oxygen atoms in total. The summed E-state index contributed by atoms with van der Waals surface area (Å²) in [5, 5.41) is 8.73. The van der Waals surface area contributed by atoms with Crippen molar-refractivity contribution in [3.63, 3.8) is 0 Å². The summed E-state index contributed by atoms with van der Waals surface area (Å²) in [4.78, 5) is 13.7. The fourth-order valence-electron chi connectivity index (χ4n) is 1.66. The van der Waals surface area contributed by atoms with Crippen molar-refractivity contribution in [2.75, 3.05) is 38.2 Å². The molecule has 0 aromatic heterocycles. The van der Waals surface area contributed by atoms with Crippen LogP contribution in [0.2, 0.25) is 0 Å². The van der Waals surface area contributed by atoms with Crippen molar-refractivity contribution in [1.29, 1.82) is 0 Å². The van der Waals surface area contributed by atoms with Crippen LogP contribution in [-0.4, -0.2) is 73.8 Å². The van der Waals surface area contributed by atoms with E-state index in [1.165, 1.54) is 4.90 Å². The summed E-state index contributed by atoms with van der Waals surface area (Å²) in [6.45, 7) is 1.69. The van der Waals surface area contributed by atoms with Gasteiger partial charge in [-0.1, -0.05) is 0 Å². The second-order valence-corrected chi connectivity index (χ2v) is 6.15. The molecular weight excluding hydrogens is 234 g/mol. The van der Waals surface area contributed by atoms with Gasteiger partial charge in [0.1, 0.15) is 9.84 Å². The first-order valence-corrected chi connectivity index (χ1v) is 7.01. The van der Waals surface area contributed by atoms with E-state index in [1.54, 1.807) is 4.90 Å². The highest BCUT2D eigenvalue weighted by atomic mass is 32.2. The summed E-state index contributed by atoms with van der Waals surface area (Å²) in [6.07, 6.45) is -0.359. The van der Waals surface area contributed by atoms with Crippen molar-refractivity contribution >= 4 is 15.9 Å². The van der Waals surface area contributed by atoms with Gasteiger partial charge in [0, 0.05) is 32.4 Å². The van der Waals surface area contributed by atoms with Gasteiger partial charge >= 0.3 is 6.09 Å². The molecule has 1 fully saturated rings. The van der Waals surface area contributed by atoms with E-state index in [1.807, 2.05) is 0 Å². The fourth-order valence-corrected chi connectivity index (χ4v) is 2.49. The number of rotatable bonds is 3. The molecule has 0 radical (unpaired) electrons. The molecule has 94 valence electrons. The summed E-state index contributed by atoms with van der Waals surface area (Å²) >= 11 is 0. The number of hydrogen-bond acceptors (Lipinski definition) is 5. The molecule has 0 aliphatic carbocycles. The van der Waals surface area contributed by atoms with Crippen LogP contribution in [0, 0.1) is 0 Å². The molecule has 0 saturated carbocycles. The first-order chi connectivity index (χ1) is 7.29. The zero-order valence-electron chi connectivity index (χ0n) is 9.16. The normalized spacial score (nSPS) is 20.8. The lowest BCUT2D eigenvalue weighted by molar-refractivity contribution is 0.0908. The molecule has 0 spiro atoms. The molecule has 1 saturated heterocycles. The molecule has 0 aromatic rings. The van der Waals surface area contributed by atoms with Crippen LogP contribution in [0.15, 0.2) is 0 Å². The van der Waals surface area contributed by atoms with E-state index < -0.39 is 22.1 Å². The molecule has 0 aromatic carbocycles. The van der Waals surface area contributed by atoms with Crippen LogP contribution in [0.25, 0.3) is 0 Å². The Morgan fingerprint density at radius 3 is 2.25 bits per heavy atom. The highest BCUT2D eigenvalue weighted by molar-refractivity contribution is 7.90. The Hall–Kier alpha value is -0.860. The number of amides is 1. The molecular formula is C8H17N3O4S. The highest BCUT2D eigenvalue weighted by Gasteiger charge is 2.25. The van der Waals surface area contributed by atoms with Crippen LogP contribution < -0.4 is 5.73 Å². The lowest BCUT2D eigenvalue weighted by Crippen LogP contribution is -2.56. The van der Waals surface area contributed by atoms with E-state index in [9.17, 15) is 13.2 Å². The van der Waals surface area contributed by atoms with Crippen molar-refractivity contribution in [2.45, 2.75) is 6.17 Å². The van der Waals surface area contributed by atoms with E-state index in [0.29, 0.717) is 26.2 Å². The van der Waals surface area contributed by atoms with Gasteiger partial charge in [-0.15, -0.1) is 0 Å². The Morgan fingerprint density at radius 1 is 1.38 bits per heavy atom. The molecule has 1 amide bonds. The first kappa shape index (κ1) is 13.2. The second-order valence-electron chi connectivity index (χ2n) is 3.97. The van der Waals surface area contributed by atoms with Gasteiger partial charge in [-0.2, -0.15) is 0 Å². The third-order valence-corrected chi connectivity index (χ3v) is 3.47. The van der Waals surface area contributed by atoms with Crippen LogP contribution in [-0.2, 0) is 9.84 Å². The van der Waals surface area contributed by atoms with Crippen molar-refractivity contribution < 1.29 is 18.3 Å². The van der Waals surface area contributed by atoms with Crippen molar-refractivity contribution in [2.24, 2.45) is 5.73 Å². The summed E-state index contributed by atoms with van der Waals surface area (Å²) in [6, 6.07) is 0. The molecule has 16 heavy (non-hydrogen) atoms. The molecule has 1 unspecified atom stereocenters. The number of nitrogens with zero attached hydrogens (tertiary/aromatic N) is 2. The van der Waals surface area contributed by atoms with E-state index in [-0.39, 0.29) is 5.75 Å². The third-order valence-electron chi connectivity index (χ3n) is 2.53. The number of carbonyl (C=O) groups is 1. The largest absolute Gasteiger partial charge is 0.465 e.